The zero-order valence-corrected chi connectivity index (χ0v) is 13.5. The summed E-state index contributed by atoms with van der Waals surface area (Å²) in [6, 6.07) is 0. The molecule has 1 aliphatic rings. The summed E-state index contributed by atoms with van der Waals surface area (Å²) in [5.41, 5.74) is 5.23. The highest BCUT2D eigenvalue weighted by Gasteiger charge is 2.39. The van der Waals surface area contributed by atoms with Crippen LogP contribution in [0.25, 0.3) is 0 Å². The van der Waals surface area contributed by atoms with Gasteiger partial charge in [-0.15, -0.1) is 0 Å². The molecule has 114 valence electrons. The van der Waals surface area contributed by atoms with Crippen molar-refractivity contribution < 1.29 is 8.42 Å². The van der Waals surface area contributed by atoms with E-state index >= 15 is 0 Å². The van der Waals surface area contributed by atoms with Gasteiger partial charge in [0.15, 0.2) is 0 Å². The summed E-state index contributed by atoms with van der Waals surface area (Å²) in [5.74, 6) is 0.438. The van der Waals surface area contributed by atoms with Gasteiger partial charge in [-0.1, -0.05) is 13.8 Å². The Bertz CT molecular complexity index is 381. The molecule has 6 heteroatoms. The van der Waals surface area contributed by atoms with Crippen LogP contribution in [0.5, 0.6) is 0 Å². The maximum absolute atomic E-state index is 12.8. The summed E-state index contributed by atoms with van der Waals surface area (Å²) in [4.78, 5) is 0. The highest BCUT2D eigenvalue weighted by molar-refractivity contribution is 7.86. The van der Waals surface area contributed by atoms with Gasteiger partial charge in [-0.05, 0) is 39.0 Å². The zero-order chi connectivity index (χ0) is 14.7. The second-order valence-electron chi connectivity index (χ2n) is 6.20. The van der Waals surface area contributed by atoms with E-state index in [-0.39, 0.29) is 0 Å². The van der Waals surface area contributed by atoms with Gasteiger partial charge < -0.3 is 5.73 Å². The van der Waals surface area contributed by atoms with Crippen molar-refractivity contribution in [1.29, 1.82) is 0 Å². The summed E-state index contributed by atoms with van der Waals surface area (Å²) < 4.78 is 28.9. The second kappa shape index (κ2) is 6.52. The van der Waals surface area contributed by atoms with E-state index in [2.05, 4.69) is 6.92 Å². The van der Waals surface area contributed by atoms with E-state index in [1.807, 2.05) is 20.8 Å². The third-order valence-electron chi connectivity index (χ3n) is 3.83. The normalized spacial score (nSPS) is 22.9. The van der Waals surface area contributed by atoms with E-state index in [0.29, 0.717) is 32.1 Å². The molecule has 0 bridgehead atoms. The monoisotopic (exact) mass is 291 g/mol. The van der Waals surface area contributed by atoms with Crippen LogP contribution in [0.3, 0.4) is 0 Å². The largest absolute Gasteiger partial charge is 0.329 e. The Morgan fingerprint density at radius 1 is 1.42 bits per heavy atom. The summed E-state index contributed by atoms with van der Waals surface area (Å²) in [7, 11) is -3.40. The Balaban J connectivity index is 2.99. The Morgan fingerprint density at radius 2 is 2.05 bits per heavy atom. The SMILES string of the molecule is CCCN(C(C)(C)CN)S(=O)(=O)N1CCCC(C)C1. The first-order valence-electron chi connectivity index (χ1n) is 7.23. The molecule has 0 spiro atoms. The Kier molecular flexibility index (Phi) is 5.79. The smallest absolute Gasteiger partial charge is 0.282 e. The minimum atomic E-state index is -3.40. The maximum atomic E-state index is 12.8. The molecule has 1 heterocycles. The van der Waals surface area contributed by atoms with Crippen molar-refractivity contribution in [3.63, 3.8) is 0 Å². The fourth-order valence-corrected chi connectivity index (χ4v) is 4.72. The maximum Gasteiger partial charge on any atom is 0.282 e. The molecule has 0 aromatic rings. The van der Waals surface area contributed by atoms with Crippen LogP contribution in [-0.2, 0) is 10.2 Å². The first-order valence-corrected chi connectivity index (χ1v) is 8.63. The van der Waals surface area contributed by atoms with E-state index in [1.54, 1.807) is 8.61 Å². The quantitative estimate of drug-likeness (QED) is 0.804. The average molecular weight is 291 g/mol. The molecule has 1 fully saturated rings. The Morgan fingerprint density at radius 3 is 2.53 bits per heavy atom. The van der Waals surface area contributed by atoms with E-state index in [1.165, 1.54) is 0 Å². The van der Waals surface area contributed by atoms with Crippen LogP contribution in [0.4, 0.5) is 0 Å². The van der Waals surface area contributed by atoms with E-state index < -0.39 is 15.7 Å². The van der Waals surface area contributed by atoms with Crippen molar-refractivity contribution >= 4 is 10.2 Å². The number of nitrogens with zero attached hydrogens (tertiary/aromatic N) is 2. The van der Waals surface area contributed by atoms with E-state index in [0.717, 1.165) is 19.3 Å². The average Bonchev–Trinajstić information content (AvgIpc) is 2.35. The molecule has 0 aromatic heterocycles. The summed E-state index contributed by atoms with van der Waals surface area (Å²) in [6.45, 7) is 10.0. The van der Waals surface area contributed by atoms with Gasteiger partial charge in [0.2, 0.25) is 0 Å². The van der Waals surface area contributed by atoms with Gasteiger partial charge in [-0.3, -0.25) is 0 Å². The molecule has 1 unspecified atom stereocenters. The first kappa shape index (κ1) is 16.9. The standard InChI is InChI=1S/C13H29N3O2S/c1-5-8-16(13(3,4)11-14)19(17,18)15-9-6-7-12(2)10-15/h12H,5-11,14H2,1-4H3. The van der Waals surface area contributed by atoms with Crippen molar-refractivity contribution in [2.45, 2.75) is 52.5 Å². The minimum Gasteiger partial charge on any atom is -0.329 e. The highest BCUT2D eigenvalue weighted by atomic mass is 32.2. The third-order valence-corrected chi connectivity index (χ3v) is 6.04. The van der Waals surface area contributed by atoms with Crippen molar-refractivity contribution in [2.24, 2.45) is 11.7 Å². The van der Waals surface area contributed by atoms with E-state index in [9.17, 15) is 8.42 Å². The number of piperidine rings is 1. The molecular weight excluding hydrogens is 262 g/mol. The van der Waals surface area contributed by atoms with Crippen LogP contribution >= 0.6 is 0 Å². The van der Waals surface area contributed by atoms with Crippen LogP contribution in [0.2, 0.25) is 0 Å². The first-order chi connectivity index (χ1) is 8.75. The van der Waals surface area contributed by atoms with Gasteiger partial charge >= 0.3 is 0 Å². The van der Waals surface area contributed by atoms with Gasteiger partial charge in [-0.25, -0.2) is 0 Å². The molecule has 2 N–H and O–H groups in total. The van der Waals surface area contributed by atoms with Gasteiger partial charge in [0, 0.05) is 31.7 Å². The minimum absolute atomic E-state index is 0.329. The predicted molar refractivity (Wildman–Crippen MR) is 79.0 cm³/mol. The van der Waals surface area contributed by atoms with Crippen molar-refractivity contribution in [2.75, 3.05) is 26.2 Å². The number of hydrogen-bond acceptors (Lipinski definition) is 3. The molecule has 0 aromatic carbocycles. The van der Waals surface area contributed by atoms with E-state index in [4.69, 9.17) is 5.73 Å². The molecular formula is C13H29N3O2S. The Labute approximate surface area is 118 Å². The lowest BCUT2D eigenvalue weighted by Gasteiger charge is -2.41. The van der Waals surface area contributed by atoms with Gasteiger partial charge in [0.1, 0.15) is 0 Å². The van der Waals surface area contributed by atoms with Crippen molar-refractivity contribution in [3.05, 3.63) is 0 Å². The van der Waals surface area contributed by atoms with Crippen LogP contribution < -0.4 is 5.73 Å². The topological polar surface area (TPSA) is 66.6 Å². The second-order valence-corrected chi connectivity index (χ2v) is 8.05. The fourth-order valence-electron chi connectivity index (χ4n) is 2.53. The third kappa shape index (κ3) is 3.90. The molecule has 0 saturated carbocycles. The van der Waals surface area contributed by atoms with Gasteiger partial charge in [0.25, 0.3) is 10.2 Å². The van der Waals surface area contributed by atoms with Crippen LogP contribution in [0.1, 0.15) is 47.0 Å². The predicted octanol–water partition coefficient (Wildman–Crippen LogP) is 1.41. The van der Waals surface area contributed by atoms with Gasteiger partial charge in [0.05, 0.1) is 0 Å². The van der Waals surface area contributed by atoms with Crippen molar-refractivity contribution in [1.82, 2.24) is 8.61 Å². The van der Waals surface area contributed by atoms with Gasteiger partial charge in [-0.2, -0.15) is 17.0 Å². The zero-order valence-electron chi connectivity index (χ0n) is 12.7. The molecule has 19 heavy (non-hydrogen) atoms. The number of rotatable bonds is 6. The molecule has 1 atom stereocenters. The van der Waals surface area contributed by atoms with Crippen LogP contribution in [0.15, 0.2) is 0 Å². The number of nitrogens with two attached hydrogens (primary N) is 1. The fraction of sp³-hybridized carbons (Fsp3) is 1.00. The summed E-state index contributed by atoms with van der Waals surface area (Å²) >= 11 is 0. The summed E-state index contributed by atoms with van der Waals surface area (Å²) in [6.07, 6.45) is 2.86. The lowest BCUT2D eigenvalue weighted by molar-refractivity contribution is 0.197. The molecule has 1 saturated heterocycles. The van der Waals surface area contributed by atoms with Crippen molar-refractivity contribution in [3.8, 4) is 0 Å². The molecule has 1 aliphatic heterocycles. The molecule has 1 rings (SSSR count). The lowest BCUT2D eigenvalue weighted by Crippen LogP contribution is -2.58. The summed E-state index contributed by atoms with van der Waals surface area (Å²) in [5, 5.41) is 0. The highest BCUT2D eigenvalue weighted by Crippen LogP contribution is 2.25. The lowest BCUT2D eigenvalue weighted by atomic mass is 10.0. The Hall–Kier alpha value is -0.170. The molecule has 5 nitrogen and oxygen atoms in total. The molecule has 0 radical (unpaired) electrons. The van der Waals surface area contributed by atoms with Crippen LogP contribution in [-0.4, -0.2) is 48.7 Å². The molecule has 0 amide bonds. The molecule has 0 aliphatic carbocycles. The van der Waals surface area contributed by atoms with Crippen LogP contribution in [0, 0.1) is 5.92 Å². The number of hydrogen-bond donors (Lipinski definition) is 1.